The summed E-state index contributed by atoms with van der Waals surface area (Å²) in [5.74, 6) is -2.43. The number of carbonyl (C=O) groups is 4. The molecule has 222 valence electrons. The predicted molar refractivity (Wildman–Crippen MR) is 165 cm³/mol. The van der Waals surface area contributed by atoms with Crippen LogP contribution in [0.4, 0.5) is 0 Å². The van der Waals surface area contributed by atoms with Crippen LogP contribution in [0.1, 0.15) is 60.3 Å². The van der Waals surface area contributed by atoms with Crippen LogP contribution in [0.2, 0.25) is 0 Å². The van der Waals surface area contributed by atoms with E-state index < -0.39 is 11.9 Å². The third kappa shape index (κ3) is 6.18. The number of aromatic amines is 2. The van der Waals surface area contributed by atoms with Gasteiger partial charge in [-0.15, -0.1) is 0 Å². The molecule has 43 heavy (non-hydrogen) atoms. The highest BCUT2D eigenvalue weighted by atomic mass is 16.4. The Morgan fingerprint density at radius 3 is 2.00 bits per heavy atom. The summed E-state index contributed by atoms with van der Waals surface area (Å²) in [6, 6.07) is 0. The maximum absolute atomic E-state index is 12.3. The lowest BCUT2D eigenvalue weighted by Gasteiger charge is -2.04. The van der Waals surface area contributed by atoms with Gasteiger partial charge in [0.15, 0.2) is 0 Å². The number of aromatic nitrogens is 2. The van der Waals surface area contributed by atoms with Gasteiger partial charge in [0, 0.05) is 57.2 Å². The normalized spacial score (nSPS) is 16.9. The highest BCUT2D eigenvalue weighted by molar-refractivity contribution is 6.32. The molecule has 0 unspecified atom stereocenters. The Balaban J connectivity index is 1.90. The van der Waals surface area contributed by atoms with E-state index in [-0.39, 0.29) is 37.5 Å². The van der Waals surface area contributed by atoms with Crippen molar-refractivity contribution < 1.29 is 29.4 Å². The molecule has 0 aromatic carbocycles. The highest BCUT2D eigenvalue weighted by Gasteiger charge is 2.23. The molecule has 0 bridgehead atoms. The Morgan fingerprint density at radius 1 is 0.767 bits per heavy atom. The van der Waals surface area contributed by atoms with E-state index in [1.54, 1.807) is 38.2 Å². The first-order chi connectivity index (χ1) is 20.4. The first kappa shape index (κ1) is 30.7. The zero-order chi connectivity index (χ0) is 31.6. The second-order valence-electron chi connectivity index (χ2n) is 10.5. The van der Waals surface area contributed by atoms with Crippen molar-refractivity contribution in [3.05, 3.63) is 97.6 Å². The lowest BCUT2D eigenvalue weighted by atomic mass is 10.0. The topological polar surface area (TPSA) is 165 Å². The minimum absolute atomic E-state index is 0.0801. The third-order valence-electron chi connectivity index (χ3n) is 7.85. The molecular weight excluding hydrogens is 548 g/mol. The zero-order valence-corrected chi connectivity index (χ0v) is 24.6. The molecule has 2 aliphatic heterocycles. The first-order valence-corrected chi connectivity index (χ1v) is 13.8. The largest absolute Gasteiger partial charge is 0.481 e. The second kappa shape index (κ2) is 12.3. The number of nitrogens with one attached hydrogen (secondary N) is 3. The Labute approximate surface area is 248 Å². The summed E-state index contributed by atoms with van der Waals surface area (Å²) in [6.45, 7) is 14.8. The van der Waals surface area contributed by atoms with Crippen molar-refractivity contribution in [2.24, 2.45) is 4.99 Å². The van der Waals surface area contributed by atoms with Crippen molar-refractivity contribution >= 4 is 47.7 Å². The molecule has 0 atom stereocenters. The van der Waals surface area contributed by atoms with Gasteiger partial charge in [0.1, 0.15) is 0 Å². The van der Waals surface area contributed by atoms with Gasteiger partial charge in [-0.05, 0) is 81.0 Å². The second-order valence-corrected chi connectivity index (χ2v) is 10.5. The lowest BCUT2D eigenvalue weighted by Crippen LogP contribution is -2.15. The number of hydrogen-bond donors (Lipinski definition) is 5. The number of carbonyl (C=O) groups excluding carboxylic acids is 2. The Hall–Kier alpha value is -5.25. The average molecular weight is 583 g/mol. The lowest BCUT2D eigenvalue weighted by molar-refractivity contribution is -0.138. The number of aliphatic carboxylic acids is 2. The Bertz CT molecular complexity index is 1860. The van der Waals surface area contributed by atoms with Gasteiger partial charge < -0.3 is 25.5 Å². The number of rotatable bonds is 11. The third-order valence-corrected chi connectivity index (χ3v) is 7.85. The smallest absolute Gasteiger partial charge is 0.303 e. The minimum atomic E-state index is -0.934. The number of amides is 2. The summed E-state index contributed by atoms with van der Waals surface area (Å²) < 4.78 is 0. The molecular formula is C33H34N4O6. The molecule has 10 nitrogen and oxygen atoms in total. The van der Waals surface area contributed by atoms with Crippen LogP contribution < -0.4 is 16.0 Å². The monoisotopic (exact) mass is 582 g/mol. The van der Waals surface area contributed by atoms with Crippen LogP contribution in [0.15, 0.2) is 58.3 Å². The molecule has 0 radical (unpaired) electrons. The number of carboxylic acid groups (broad SMARTS) is 2. The van der Waals surface area contributed by atoms with E-state index in [0.717, 1.165) is 22.3 Å². The maximum Gasteiger partial charge on any atom is 0.303 e. The van der Waals surface area contributed by atoms with Crippen LogP contribution in [-0.2, 0) is 32.0 Å². The molecule has 0 saturated heterocycles. The predicted octanol–water partition coefficient (Wildman–Crippen LogP) is 3.06. The number of aliphatic imine (C=N–C) groups is 1. The van der Waals surface area contributed by atoms with Crippen LogP contribution >= 0.6 is 0 Å². The van der Waals surface area contributed by atoms with Crippen molar-refractivity contribution in [3.8, 4) is 0 Å². The van der Waals surface area contributed by atoms with Crippen LogP contribution in [0, 0.1) is 13.8 Å². The fourth-order valence-electron chi connectivity index (χ4n) is 5.34. The standard InChI is InChI=1S/C33H34N4O6/c1-7-20-18(5)32(42)36-26(20)14-28-22(9-11-30(38)39)16(3)24(34-28)13-25-17(4)23(10-12-31(40)41)29(35-25)15-27-21(8-2)19(6)33(43)37-27/h7-8,13-15,34-35H,1-2,9-12H2,3-6H3,(H,36,42)(H,38,39)(H,40,41)/b25-13+,26-14-,29-15?. The first-order valence-electron chi connectivity index (χ1n) is 13.8. The van der Waals surface area contributed by atoms with Crippen molar-refractivity contribution in [1.82, 2.24) is 15.3 Å². The van der Waals surface area contributed by atoms with E-state index in [2.05, 4.69) is 33.4 Å². The van der Waals surface area contributed by atoms with Gasteiger partial charge in [0.05, 0.1) is 11.4 Å². The Morgan fingerprint density at radius 2 is 1.40 bits per heavy atom. The van der Waals surface area contributed by atoms with Gasteiger partial charge >= 0.3 is 11.9 Å². The van der Waals surface area contributed by atoms with Gasteiger partial charge in [0.2, 0.25) is 0 Å². The summed E-state index contributed by atoms with van der Waals surface area (Å²) >= 11 is 0. The molecule has 0 fully saturated rings. The van der Waals surface area contributed by atoms with Crippen molar-refractivity contribution in [1.29, 1.82) is 0 Å². The summed E-state index contributed by atoms with van der Waals surface area (Å²) in [6.07, 6.45) is 8.94. The van der Waals surface area contributed by atoms with Gasteiger partial charge in [-0.3, -0.25) is 19.2 Å². The molecule has 4 heterocycles. The molecule has 0 aliphatic carbocycles. The van der Waals surface area contributed by atoms with E-state index in [1.165, 1.54) is 0 Å². The van der Waals surface area contributed by atoms with Crippen molar-refractivity contribution in [3.63, 3.8) is 0 Å². The minimum Gasteiger partial charge on any atom is -0.481 e. The van der Waals surface area contributed by atoms with Crippen LogP contribution in [0.25, 0.3) is 18.2 Å². The highest BCUT2D eigenvalue weighted by Crippen LogP contribution is 2.28. The van der Waals surface area contributed by atoms with Gasteiger partial charge in [-0.25, -0.2) is 4.99 Å². The van der Waals surface area contributed by atoms with Gasteiger partial charge in [0.25, 0.3) is 11.8 Å². The van der Waals surface area contributed by atoms with Crippen molar-refractivity contribution in [2.75, 3.05) is 0 Å². The van der Waals surface area contributed by atoms with E-state index in [1.807, 2.05) is 19.9 Å². The molecule has 2 aromatic rings. The molecule has 0 saturated carbocycles. The Kier molecular flexibility index (Phi) is 8.80. The van der Waals surface area contributed by atoms with E-state index in [0.29, 0.717) is 55.8 Å². The number of nitrogens with zero attached hydrogens (tertiary/aromatic N) is 1. The van der Waals surface area contributed by atoms with Gasteiger partial charge in [-0.1, -0.05) is 25.3 Å². The molecule has 2 aliphatic rings. The number of carboxylic acids is 2. The van der Waals surface area contributed by atoms with Crippen LogP contribution in [-0.4, -0.2) is 49.6 Å². The average Bonchev–Trinajstić information content (AvgIpc) is 3.59. The summed E-state index contributed by atoms with van der Waals surface area (Å²) in [4.78, 5) is 58.3. The van der Waals surface area contributed by atoms with E-state index in [4.69, 9.17) is 0 Å². The summed E-state index contributed by atoms with van der Waals surface area (Å²) in [5.41, 5.74) is 7.95. The SMILES string of the molecule is C=CC1=C(C)C(=O)N=C1C=c1[nH]/c(=C/c2[nH]c(/C=C3\NC(=O)C(C)=C3C=C)c(CCC(=O)O)c2C)c(C)c1CCC(=O)O. The molecule has 4 rings (SSSR count). The van der Waals surface area contributed by atoms with Gasteiger partial charge in [-0.2, -0.15) is 0 Å². The van der Waals surface area contributed by atoms with E-state index in [9.17, 15) is 29.4 Å². The molecule has 2 aromatic heterocycles. The van der Waals surface area contributed by atoms with Crippen molar-refractivity contribution in [2.45, 2.75) is 53.4 Å². The van der Waals surface area contributed by atoms with Crippen LogP contribution in [0.3, 0.4) is 0 Å². The quantitative estimate of drug-likeness (QED) is 0.273. The fraction of sp³-hybridized carbons (Fsp3) is 0.242. The maximum atomic E-state index is 12.3. The molecule has 10 heteroatoms. The number of hydrogen-bond acceptors (Lipinski definition) is 4. The zero-order valence-electron chi connectivity index (χ0n) is 24.6. The number of H-pyrrole nitrogens is 2. The molecule has 5 N–H and O–H groups in total. The number of allylic oxidation sites excluding steroid dienone is 3. The van der Waals surface area contributed by atoms with Crippen LogP contribution in [0.5, 0.6) is 0 Å². The van der Waals surface area contributed by atoms with E-state index >= 15 is 0 Å². The summed E-state index contributed by atoms with van der Waals surface area (Å²) in [5, 5.41) is 22.9. The summed E-state index contributed by atoms with van der Waals surface area (Å²) in [7, 11) is 0. The molecule has 2 amide bonds. The molecule has 0 spiro atoms. The fourth-order valence-corrected chi connectivity index (χ4v) is 5.34.